The summed E-state index contributed by atoms with van der Waals surface area (Å²) in [6.07, 6.45) is 2.78. The van der Waals surface area contributed by atoms with E-state index < -0.39 is 5.97 Å². The van der Waals surface area contributed by atoms with Crippen molar-refractivity contribution in [3.8, 4) is 0 Å². The van der Waals surface area contributed by atoms with Gasteiger partial charge >= 0.3 is 5.97 Å². The van der Waals surface area contributed by atoms with E-state index in [1.54, 1.807) is 0 Å². The molecule has 1 saturated heterocycles. The summed E-state index contributed by atoms with van der Waals surface area (Å²) in [5.74, 6) is -0.693. The Hall–Kier alpha value is -0.570. The molecule has 0 aromatic carbocycles. The largest absolute Gasteiger partial charge is 0.481 e. The molecule has 1 N–H and O–H groups in total. The lowest BCUT2D eigenvalue weighted by Gasteiger charge is -2.29. The van der Waals surface area contributed by atoms with Gasteiger partial charge in [0.15, 0.2) is 0 Å². The number of hydrogen-bond donors (Lipinski definition) is 1. The molecule has 3 nitrogen and oxygen atoms in total. The molecule has 0 saturated carbocycles. The Morgan fingerprint density at radius 3 is 2.17 bits per heavy atom. The van der Waals surface area contributed by atoms with Crippen LogP contribution in [-0.4, -0.2) is 35.6 Å². The van der Waals surface area contributed by atoms with Crippen molar-refractivity contribution in [2.24, 2.45) is 0 Å². The Bertz CT molecular complexity index is 122. The van der Waals surface area contributed by atoms with Crippen molar-refractivity contribution >= 4 is 5.97 Å². The molecule has 0 aromatic heterocycles. The van der Waals surface area contributed by atoms with Gasteiger partial charge in [-0.25, -0.2) is 0 Å². The SMILES string of the molecule is CCC.O=C(O)CCN1CCC1. The quantitative estimate of drug-likeness (QED) is 0.704. The summed E-state index contributed by atoms with van der Waals surface area (Å²) in [5.41, 5.74) is 0. The number of aliphatic carboxylic acids is 1. The molecule has 0 bridgehead atoms. The van der Waals surface area contributed by atoms with Crippen molar-refractivity contribution in [1.29, 1.82) is 0 Å². The Morgan fingerprint density at radius 2 is 1.92 bits per heavy atom. The Morgan fingerprint density at radius 1 is 1.42 bits per heavy atom. The van der Waals surface area contributed by atoms with Crippen LogP contribution in [0.2, 0.25) is 0 Å². The van der Waals surface area contributed by atoms with Crippen LogP contribution >= 0.6 is 0 Å². The zero-order valence-corrected chi connectivity index (χ0v) is 8.05. The minimum absolute atomic E-state index is 0.292. The second-order valence-electron chi connectivity index (χ2n) is 3.05. The number of likely N-dealkylation sites (tertiary alicyclic amines) is 1. The summed E-state index contributed by atoms with van der Waals surface area (Å²) < 4.78 is 0. The number of carboxylic acids is 1. The molecule has 0 radical (unpaired) electrons. The first kappa shape index (κ1) is 11.4. The number of nitrogens with zero attached hydrogens (tertiary/aromatic N) is 1. The van der Waals surface area contributed by atoms with Crippen LogP contribution in [0.1, 0.15) is 33.1 Å². The Kier molecular flexibility index (Phi) is 6.76. The molecule has 12 heavy (non-hydrogen) atoms. The molecule has 1 heterocycles. The number of carboxylic acid groups (broad SMARTS) is 1. The second kappa shape index (κ2) is 7.10. The topological polar surface area (TPSA) is 40.5 Å². The van der Waals surface area contributed by atoms with Crippen LogP contribution in [0, 0.1) is 0 Å². The lowest BCUT2D eigenvalue weighted by Crippen LogP contribution is -2.38. The standard InChI is InChI=1S/C6H11NO2.C3H8/c8-6(9)2-5-7-3-1-4-7;1-3-2/h1-5H2,(H,8,9);3H2,1-2H3. The van der Waals surface area contributed by atoms with Gasteiger partial charge in [-0.2, -0.15) is 0 Å². The maximum absolute atomic E-state index is 10.0. The van der Waals surface area contributed by atoms with Gasteiger partial charge in [-0.15, -0.1) is 0 Å². The fourth-order valence-corrected chi connectivity index (χ4v) is 0.859. The monoisotopic (exact) mass is 173 g/mol. The fraction of sp³-hybridized carbons (Fsp3) is 0.889. The molecule has 0 spiro atoms. The highest BCUT2D eigenvalue weighted by Crippen LogP contribution is 2.04. The number of rotatable bonds is 3. The Balaban J connectivity index is 0.000000354. The minimum Gasteiger partial charge on any atom is -0.481 e. The normalized spacial score (nSPS) is 15.8. The third-order valence-electron chi connectivity index (χ3n) is 1.59. The molecule has 0 amide bonds. The molecule has 1 aliphatic heterocycles. The number of hydrogen-bond acceptors (Lipinski definition) is 2. The van der Waals surface area contributed by atoms with Gasteiger partial charge in [0.1, 0.15) is 0 Å². The van der Waals surface area contributed by atoms with Crippen molar-refractivity contribution < 1.29 is 9.90 Å². The van der Waals surface area contributed by atoms with Crippen LogP contribution in [0.25, 0.3) is 0 Å². The van der Waals surface area contributed by atoms with Gasteiger partial charge in [-0.05, 0) is 19.5 Å². The van der Waals surface area contributed by atoms with E-state index in [0.717, 1.165) is 19.6 Å². The van der Waals surface area contributed by atoms with E-state index in [1.165, 1.54) is 12.8 Å². The summed E-state index contributed by atoms with van der Waals surface area (Å²) in [7, 11) is 0. The van der Waals surface area contributed by atoms with Crippen LogP contribution in [-0.2, 0) is 4.79 Å². The molecule has 1 fully saturated rings. The van der Waals surface area contributed by atoms with E-state index in [2.05, 4.69) is 18.7 Å². The van der Waals surface area contributed by atoms with Crippen LogP contribution in [0.3, 0.4) is 0 Å². The van der Waals surface area contributed by atoms with Crippen molar-refractivity contribution in [3.63, 3.8) is 0 Å². The third kappa shape index (κ3) is 6.16. The molecule has 3 heteroatoms. The van der Waals surface area contributed by atoms with Gasteiger partial charge < -0.3 is 10.0 Å². The van der Waals surface area contributed by atoms with Gasteiger partial charge in [0.05, 0.1) is 6.42 Å². The maximum atomic E-state index is 10.0. The van der Waals surface area contributed by atoms with E-state index in [9.17, 15) is 4.79 Å². The lowest BCUT2D eigenvalue weighted by atomic mass is 10.2. The van der Waals surface area contributed by atoms with Crippen LogP contribution < -0.4 is 0 Å². The van der Waals surface area contributed by atoms with Crippen molar-refractivity contribution in [2.45, 2.75) is 33.1 Å². The van der Waals surface area contributed by atoms with Crippen molar-refractivity contribution in [1.82, 2.24) is 4.90 Å². The van der Waals surface area contributed by atoms with Crippen LogP contribution in [0.5, 0.6) is 0 Å². The highest BCUT2D eigenvalue weighted by molar-refractivity contribution is 5.66. The summed E-state index contributed by atoms with van der Waals surface area (Å²) in [5, 5.41) is 8.26. The van der Waals surface area contributed by atoms with E-state index in [4.69, 9.17) is 5.11 Å². The molecular formula is C9H19NO2. The summed E-state index contributed by atoms with van der Waals surface area (Å²) >= 11 is 0. The molecular weight excluding hydrogens is 154 g/mol. The average molecular weight is 173 g/mol. The average Bonchev–Trinajstić information content (AvgIpc) is 1.84. The van der Waals surface area contributed by atoms with E-state index in [1.807, 2.05) is 0 Å². The first-order valence-electron chi connectivity index (χ1n) is 4.64. The molecule has 0 unspecified atom stereocenters. The maximum Gasteiger partial charge on any atom is 0.304 e. The summed E-state index contributed by atoms with van der Waals surface area (Å²) in [6, 6.07) is 0. The molecule has 0 aromatic rings. The van der Waals surface area contributed by atoms with Crippen molar-refractivity contribution in [3.05, 3.63) is 0 Å². The van der Waals surface area contributed by atoms with E-state index >= 15 is 0 Å². The summed E-state index contributed by atoms with van der Waals surface area (Å²) in [4.78, 5) is 12.2. The van der Waals surface area contributed by atoms with Gasteiger partial charge in [-0.3, -0.25) is 4.79 Å². The third-order valence-corrected chi connectivity index (χ3v) is 1.59. The first-order valence-corrected chi connectivity index (χ1v) is 4.64. The Labute approximate surface area is 74.4 Å². The van der Waals surface area contributed by atoms with Gasteiger partial charge in [0.25, 0.3) is 0 Å². The molecule has 0 aliphatic carbocycles. The lowest BCUT2D eigenvalue weighted by molar-refractivity contribution is -0.137. The van der Waals surface area contributed by atoms with Crippen LogP contribution in [0.15, 0.2) is 0 Å². The van der Waals surface area contributed by atoms with E-state index in [-0.39, 0.29) is 0 Å². The van der Waals surface area contributed by atoms with Gasteiger partial charge in [0.2, 0.25) is 0 Å². The van der Waals surface area contributed by atoms with Crippen LogP contribution in [0.4, 0.5) is 0 Å². The van der Waals surface area contributed by atoms with Gasteiger partial charge in [0, 0.05) is 6.54 Å². The predicted octanol–water partition coefficient (Wildman–Crippen LogP) is 1.58. The minimum atomic E-state index is -0.693. The first-order chi connectivity index (χ1) is 5.70. The van der Waals surface area contributed by atoms with Crippen molar-refractivity contribution in [2.75, 3.05) is 19.6 Å². The highest BCUT2D eigenvalue weighted by Gasteiger charge is 2.13. The number of carbonyl (C=O) groups is 1. The fourth-order valence-electron chi connectivity index (χ4n) is 0.859. The van der Waals surface area contributed by atoms with Gasteiger partial charge in [-0.1, -0.05) is 20.3 Å². The molecule has 72 valence electrons. The molecule has 0 atom stereocenters. The highest BCUT2D eigenvalue weighted by atomic mass is 16.4. The summed E-state index contributed by atoms with van der Waals surface area (Å²) in [6.45, 7) is 7.16. The zero-order valence-electron chi connectivity index (χ0n) is 8.05. The molecule has 1 rings (SSSR count). The van der Waals surface area contributed by atoms with E-state index in [0.29, 0.717) is 6.42 Å². The zero-order chi connectivity index (χ0) is 9.40. The second-order valence-corrected chi connectivity index (χ2v) is 3.05. The smallest absolute Gasteiger partial charge is 0.304 e. The predicted molar refractivity (Wildman–Crippen MR) is 49.3 cm³/mol. The molecule has 1 aliphatic rings.